The summed E-state index contributed by atoms with van der Waals surface area (Å²) in [6, 6.07) is 10.1. The molecule has 0 atom stereocenters. The predicted octanol–water partition coefficient (Wildman–Crippen LogP) is 1.85. The Morgan fingerprint density at radius 1 is 1.30 bits per heavy atom. The van der Waals surface area contributed by atoms with Crippen LogP contribution in [0.3, 0.4) is 0 Å². The molecule has 2 N–H and O–H groups in total. The molecular weight excluding hydrogens is 250 g/mol. The first-order chi connectivity index (χ1) is 9.83. The van der Waals surface area contributed by atoms with Gasteiger partial charge in [0, 0.05) is 24.0 Å². The molecule has 3 rings (SSSR count). The quantitative estimate of drug-likeness (QED) is 0.894. The molecule has 4 heteroatoms. The number of carbonyl (C=O) groups is 1. The summed E-state index contributed by atoms with van der Waals surface area (Å²) in [5, 5.41) is 7.41. The standard InChI is InChI=1S/C16H19N3O/c20-16(13-5-7-17-8-6-13)19-11-12-9-14-3-1-2-4-15(14)18-10-12/h1-4,9-10,13,17H,5-8,11H2,(H,19,20). The highest BCUT2D eigenvalue weighted by molar-refractivity contribution is 5.80. The molecular formula is C16H19N3O. The van der Waals surface area contributed by atoms with Gasteiger partial charge in [-0.15, -0.1) is 0 Å². The highest BCUT2D eigenvalue weighted by Gasteiger charge is 2.20. The van der Waals surface area contributed by atoms with Gasteiger partial charge in [-0.3, -0.25) is 9.78 Å². The summed E-state index contributed by atoms with van der Waals surface area (Å²) < 4.78 is 0. The van der Waals surface area contributed by atoms with E-state index in [0.717, 1.165) is 42.4 Å². The summed E-state index contributed by atoms with van der Waals surface area (Å²) in [6.45, 7) is 2.44. The molecule has 0 spiro atoms. The van der Waals surface area contributed by atoms with Crippen LogP contribution in [0.25, 0.3) is 10.9 Å². The van der Waals surface area contributed by atoms with E-state index in [1.165, 1.54) is 0 Å². The number of benzene rings is 1. The molecule has 1 aromatic heterocycles. The first-order valence-corrected chi connectivity index (χ1v) is 7.15. The Hall–Kier alpha value is -1.94. The molecule has 0 saturated carbocycles. The van der Waals surface area contributed by atoms with Gasteiger partial charge in [0.15, 0.2) is 0 Å². The number of pyridine rings is 1. The molecule has 1 aliphatic heterocycles. The lowest BCUT2D eigenvalue weighted by Crippen LogP contribution is -2.37. The lowest BCUT2D eigenvalue weighted by atomic mass is 9.97. The zero-order chi connectivity index (χ0) is 13.8. The fourth-order valence-electron chi connectivity index (χ4n) is 2.63. The Morgan fingerprint density at radius 2 is 2.10 bits per heavy atom. The Kier molecular flexibility index (Phi) is 3.92. The number of aromatic nitrogens is 1. The SMILES string of the molecule is O=C(NCc1cnc2ccccc2c1)C1CCNCC1. The third kappa shape index (κ3) is 2.96. The van der Waals surface area contributed by atoms with Gasteiger partial charge in [0.25, 0.3) is 0 Å². The number of para-hydroxylation sites is 1. The Labute approximate surface area is 118 Å². The zero-order valence-corrected chi connectivity index (χ0v) is 11.4. The molecule has 0 radical (unpaired) electrons. The number of nitrogens with zero attached hydrogens (tertiary/aromatic N) is 1. The lowest BCUT2D eigenvalue weighted by molar-refractivity contribution is -0.125. The minimum Gasteiger partial charge on any atom is -0.352 e. The predicted molar refractivity (Wildman–Crippen MR) is 79.2 cm³/mol. The molecule has 1 amide bonds. The largest absolute Gasteiger partial charge is 0.352 e. The number of amides is 1. The van der Waals surface area contributed by atoms with Crippen molar-refractivity contribution in [2.45, 2.75) is 19.4 Å². The van der Waals surface area contributed by atoms with Gasteiger partial charge < -0.3 is 10.6 Å². The van der Waals surface area contributed by atoms with Gasteiger partial charge in [-0.25, -0.2) is 0 Å². The Bertz CT molecular complexity index is 605. The number of piperidine rings is 1. The number of hydrogen-bond donors (Lipinski definition) is 2. The molecule has 1 aliphatic rings. The van der Waals surface area contributed by atoms with Gasteiger partial charge in [-0.2, -0.15) is 0 Å². The van der Waals surface area contributed by atoms with Crippen LogP contribution in [0, 0.1) is 5.92 Å². The minimum atomic E-state index is 0.157. The fourth-order valence-corrected chi connectivity index (χ4v) is 2.63. The normalized spacial score (nSPS) is 16.2. The summed E-state index contributed by atoms with van der Waals surface area (Å²) in [5.74, 6) is 0.323. The van der Waals surface area contributed by atoms with E-state index in [1.807, 2.05) is 30.5 Å². The van der Waals surface area contributed by atoms with Crippen LogP contribution in [-0.4, -0.2) is 24.0 Å². The Balaban J connectivity index is 1.62. The van der Waals surface area contributed by atoms with Crippen LogP contribution >= 0.6 is 0 Å². The van der Waals surface area contributed by atoms with Gasteiger partial charge in [-0.05, 0) is 43.6 Å². The second kappa shape index (κ2) is 6.01. The first kappa shape index (κ1) is 13.1. The van der Waals surface area contributed by atoms with E-state index >= 15 is 0 Å². The van der Waals surface area contributed by atoms with Crippen molar-refractivity contribution in [2.24, 2.45) is 5.92 Å². The van der Waals surface area contributed by atoms with Gasteiger partial charge in [-0.1, -0.05) is 18.2 Å². The molecule has 1 saturated heterocycles. The van der Waals surface area contributed by atoms with Crippen LogP contribution in [0.15, 0.2) is 36.5 Å². The second-order valence-corrected chi connectivity index (χ2v) is 5.28. The Morgan fingerprint density at radius 3 is 2.95 bits per heavy atom. The van der Waals surface area contributed by atoms with E-state index in [2.05, 4.69) is 21.7 Å². The third-order valence-electron chi connectivity index (χ3n) is 3.82. The van der Waals surface area contributed by atoms with Crippen molar-refractivity contribution in [3.05, 3.63) is 42.1 Å². The van der Waals surface area contributed by atoms with E-state index < -0.39 is 0 Å². The fraction of sp³-hybridized carbons (Fsp3) is 0.375. The van der Waals surface area contributed by atoms with Crippen LogP contribution in [0.1, 0.15) is 18.4 Å². The molecule has 1 aromatic carbocycles. The van der Waals surface area contributed by atoms with Crippen molar-refractivity contribution in [3.8, 4) is 0 Å². The van der Waals surface area contributed by atoms with Crippen LogP contribution in [0.4, 0.5) is 0 Å². The highest BCUT2D eigenvalue weighted by Crippen LogP contribution is 2.14. The number of carbonyl (C=O) groups excluding carboxylic acids is 1. The van der Waals surface area contributed by atoms with Gasteiger partial charge in [0.2, 0.25) is 5.91 Å². The van der Waals surface area contributed by atoms with Crippen molar-refractivity contribution in [2.75, 3.05) is 13.1 Å². The van der Waals surface area contributed by atoms with E-state index in [9.17, 15) is 4.79 Å². The van der Waals surface area contributed by atoms with E-state index in [0.29, 0.717) is 6.54 Å². The van der Waals surface area contributed by atoms with Crippen LogP contribution in [-0.2, 0) is 11.3 Å². The minimum absolute atomic E-state index is 0.157. The van der Waals surface area contributed by atoms with Crippen molar-refractivity contribution >= 4 is 16.8 Å². The van der Waals surface area contributed by atoms with Crippen molar-refractivity contribution in [1.82, 2.24) is 15.6 Å². The maximum atomic E-state index is 12.1. The third-order valence-corrected chi connectivity index (χ3v) is 3.82. The summed E-state index contributed by atoms with van der Waals surface area (Å²) in [6.07, 6.45) is 3.70. The maximum Gasteiger partial charge on any atom is 0.223 e. The molecule has 0 aliphatic carbocycles. The molecule has 1 fully saturated rings. The zero-order valence-electron chi connectivity index (χ0n) is 11.4. The lowest BCUT2D eigenvalue weighted by Gasteiger charge is -2.21. The topological polar surface area (TPSA) is 54.0 Å². The summed E-state index contributed by atoms with van der Waals surface area (Å²) >= 11 is 0. The van der Waals surface area contributed by atoms with Crippen LogP contribution in [0.5, 0.6) is 0 Å². The average molecular weight is 269 g/mol. The molecule has 4 nitrogen and oxygen atoms in total. The molecule has 0 unspecified atom stereocenters. The highest BCUT2D eigenvalue weighted by atomic mass is 16.1. The van der Waals surface area contributed by atoms with Crippen LogP contribution < -0.4 is 10.6 Å². The molecule has 2 heterocycles. The van der Waals surface area contributed by atoms with Crippen LogP contribution in [0.2, 0.25) is 0 Å². The molecule has 0 bridgehead atoms. The molecule has 2 aromatic rings. The van der Waals surface area contributed by atoms with Crippen molar-refractivity contribution in [1.29, 1.82) is 0 Å². The average Bonchev–Trinajstić information content (AvgIpc) is 2.53. The van der Waals surface area contributed by atoms with E-state index in [1.54, 1.807) is 0 Å². The van der Waals surface area contributed by atoms with E-state index in [4.69, 9.17) is 0 Å². The number of nitrogens with one attached hydrogen (secondary N) is 2. The van der Waals surface area contributed by atoms with Gasteiger partial charge in [0.1, 0.15) is 0 Å². The first-order valence-electron chi connectivity index (χ1n) is 7.15. The summed E-state index contributed by atoms with van der Waals surface area (Å²) in [5.41, 5.74) is 2.03. The van der Waals surface area contributed by atoms with Crippen molar-refractivity contribution in [3.63, 3.8) is 0 Å². The summed E-state index contributed by atoms with van der Waals surface area (Å²) in [7, 11) is 0. The van der Waals surface area contributed by atoms with Gasteiger partial charge >= 0.3 is 0 Å². The molecule has 104 valence electrons. The summed E-state index contributed by atoms with van der Waals surface area (Å²) in [4.78, 5) is 16.5. The number of rotatable bonds is 3. The number of fused-ring (bicyclic) bond motifs is 1. The monoisotopic (exact) mass is 269 g/mol. The van der Waals surface area contributed by atoms with Gasteiger partial charge in [0.05, 0.1) is 5.52 Å². The maximum absolute atomic E-state index is 12.1. The van der Waals surface area contributed by atoms with E-state index in [-0.39, 0.29) is 11.8 Å². The number of hydrogen-bond acceptors (Lipinski definition) is 3. The second-order valence-electron chi connectivity index (χ2n) is 5.28. The van der Waals surface area contributed by atoms with Crippen molar-refractivity contribution < 1.29 is 4.79 Å². The molecule has 20 heavy (non-hydrogen) atoms. The smallest absolute Gasteiger partial charge is 0.223 e.